The molecule has 4 rings (SSSR count). The molecule has 162 valence electrons. The number of amides is 1. The van der Waals surface area contributed by atoms with Crippen LogP contribution in [0.25, 0.3) is 11.4 Å². The molecule has 2 aromatic carbocycles. The van der Waals surface area contributed by atoms with Gasteiger partial charge in [0.05, 0.1) is 5.56 Å². The number of carbonyl (C=O) groups excluding carboxylic acids is 1. The number of benzene rings is 2. The lowest BCUT2D eigenvalue weighted by Crippen LogP contribution is -2.17. The highest BCUT2D eigenvalue weighted by molar-refractivity contribution is 6.04. The Bertz CT molecular complexity index is 1090. The molecule has 0 saturated carbocycles. The zero-order chi connectivity index (χ0) is 22.0. The van der Waals surface area contributed by atoms with Crippen molar-refractivity contribution in [2.75, 3.05) is 5.32 Å². The summed E-state index contributed by atoms with van der Waals surface area (Å²) in [5.41, 5.74) is 0.659. The molecule has 0 spiro atoms. The third-order valence-electron chi connectivity index (χ3n) is 4.92. The minimum atomic E-state index is -4.81. The maximum absolute atomic E-state index is 14.5. The fourth-order valence-corrected chi connectivity index (χ4v) is 3.47. The van der Waals surface area contributed by atoms with Gasteiger partial charge >= 0.3 is 6.36 Å². The van der Waals surface area contributed by atoms with E-state index in [1.54, 1.807) is 0 Å². The van der Waals surface area contributed by atoms with Crippen molar-refractivity contribution in [1.82, 2.24) is 14.8 Å². The van der Waals surface area contributed by atoms with Crippen LogP contribution in [0.3, 0.4) is 0 Å². The Morgan fingerprint density at radius 2 is 1.81 bits per heavy atom. The average molecular weight is 434 g/mol. The van der Waals surface area contributed by atoms with Crippen LogP contribution < -0.4 is 10.1 Å². The van der Waals surface area contributed by atoms with E-state index in [0.29, 0.717) is 18.1 Å². The second kappa shape index (κ2) is 8.37. The molecule has 2 heterocycles. The fourth-order valence-electron chi connectivity index (χ4n) is 3.47. The Balaban J connectivity index is 1.54. The van der Waals surface area contributed by atoms with Gasteiger partial charge in [-0.25, -0.2) is 4.39 Å². The third kappa shape index (κ3) is 4.84. The smallest absolute Gasteiger partial charge is 0.406 e. The van der Waals surface area contributed by atoms with Crippen LogP contribution in [0.1, 0.15) is 35.4 Å². The van der Waals surface area contributed by atoms with Gasteiger partial charge in [0.2, 0.25) is 0 Å². The molecular formula is C21H18F4N4O2. The van der Waals surface area contributed by atoms with E-state index in [2.05, 4.69) is 20.3 Å². The summed E-state index contributed by atoms with van der Waals surface area (Å²) in [7, 11) is 0. The molecule has 0 saturated heterocycles. The maximum Gasteiger partial charge on any atom is 0.573 e. The van der Waals surface area contributed by atoms with Crippen molar-refractivity contribution in [2.24, 2.45) is 0 Å². The van der Waals surface area contributed by atoms with Crippen LogP contribution in [0.4, 0.5) is 23.2 Å². The molecule has 6 nitrogen and oxygen atoms in total. The summed E-state index contributed by atoms with van der Waals surface area (Å²) in [6.45, 7) is 0.694. The number of carbonyl (C=O) groups is 1. The van der Waals surface area contributed by atoms with Gasteiger partial charge in [-0.05, 0) is 55.3 Å². The van der Waals surface area contributed by atoms with E-state index in [0.717, 1.165) is 43.6 Å². The van der Waals surface area contributed by atoms with Gasteiger partial charge in [-0.15, -0.1) is 23.4 Å². The third-order valence-corrected chi connectivity index (χ3v) is 4.92. The minimum Gasteiger partial charge on any atom is -0.406 e. The van der Waals surface area contributed by atoms with Crippen molar-refractivity contribution >= 4 is 11.6 Å². The lowest BCUT2D eigenvalue weighted by molar-refractivity contribution is -0.274. The standard InChI is InChI=1S/C21H18F4N4O2/c22-17-10-7-14(12-16(17)19-28-27-18-4-2-1-3-11-29(18)19)26-20(30)13-5-8-15(9-6-13)31-21(23,24)25/h5-10,12H,1-4,11H2,(H,26,30). The Kier molecular flexibility index (Phi) is 5.62. The number of hydrogen-bond acceptors (Lipinski definition) is 4. The van der Waals surface area contributed by atoms with Crippen molar-refractivity contribution in [1.29, 1.82) is 0 Å². The summed E-state index contributed by atoms with van der Waals surface area (Å²) in [4.78, 5) is 12.5. The molecule has 0 atom stereocenters. The SMILES string of the molecule is O=C(Nc1ccc(F)c(-c2nnc3n2CCCCC3)c1)c1ccc(OC(F)(F)F)cc1. The Labute approximate surface area is 174 Å². The van der Waals surface area contributed by atoms with E-state index in [1.807, 2.05) is 4.57 Å². The van der Waals surface area contributed by atoms with Crippen LogP contribution in [-0.4, -0.2) is 27.0 Å². The first kappa shape index (κ1) is 20.8. The van der Waals surface area contributed by atoms with Crippen molar-refractivity contribution in [3.05, 3.63) is 59.7 Å². The molecule has 1 N–H and O–H groups in total. The van der Waals surface area contributed by atoms with E-state index in [4.69, 9.17) is 0 Å². The van der Waals surface area contributed by atoms with Gasteiger partial charge in [0.1, 0.15) is 17.4 Å². The van der Waals surface area contributed by atoms with Crippen LogP contribution in [0.2, 0.25) is 0 Å². The summed E-state index contributed by atoms with van der Waals surface area (Å²) >= 11 is 0. The highest BCUT2D eigenvalue weighted by Crippen LogP contribution is 2.28. The second-order valence-corrected chi connectivity index (χ2v) is 7.12. The van der Waals surface area contributed by atoms with Gasteiger partial charge in [0, 0.05) is 24.2 Å². The Hall–Kier alpha value is -3.43. The van der Waals surface area contributed by atoms with Crippen LogP contribution in [0, 0.1) is 5.82 Å². The average Bonchev–Trinajstić information content (AvgIpc) is 2.96. The number of fused-ring (bicyclic) bond motifs is 1. The molecule has 1 aliphatic heterocycles. The van der Waals surface area contributed by atoms with Gasteiger partial charge in [-0.3, -0.25) is 4.79 Å². The number of anilines is 1. The Morgan fingerprint density at radius 1 is 1.03 bits per heavy atom. The van der Waals surface area contributed by atoms with Gasteiger partial charge in [0.25, 0.3) is 5.91 Å². The second-order valence-electron chi connectivity index (χ2n) is 7.12. The zero-order valence-electron chi connectivity index (χ0n) is 16.2. The largest absolute Gasteiger partial charge is 0.573 e. The number of aryl methyl sites for hydroxylation is 1. The Morgan fingerprint density at radius 3 is 2.55 bits per heavy atom. The first-order chi connectivity index (χ1) is 14.8. The maximum atomic E-state index is 14.5. The summed E-state index contributed by atoms with van der Waals surface area (Å²) in [5.74, 6) is -0.274. The number of rotatable bonds is 4. The number of nitrogens with one attached hydrogen (secondary N) is 1. The summed E-state index contributed by atoms with van der Waals surface area (Å²) in [6, 6.07) is 8.60. The lowest BCUT2D eigenvalue weighted by Gasteiger charge is -2.11. The summed E-state index contributed by atoms with van der Waals surface area (Å²) in [5, 5.41) is 10.9. The summed E-state index contributed by atoms with van der Waals surface area (Å²) < 4.78 is 57.0. The highest BCUT2D eigenvalue weighted by Gasteiger charge is 2.31. The van der Waals surface area contributed by atoms with Gasteiger partial charge in [-0.2, -0.15) is 0 Å². The lowest BCUT2D eigenvalue weighted by atomic mass is 10.1. The van der Waals surface area contributed by atoms with E-state index in [-0.39, 0.29) is 11.1 Å². The van der Waals surface area contributed by atoms with E-state index < -0.39 is 23.8 Å². The molecule has 1 aromatic heterocycles. The van der Waals surface area contributed by atoms with Crippen molar-refractivity contribution in [3.63, 3.8) is 0 Å². The van der Waals surface area contributed by atoms with Crippen LogP contribution in [-0.2, 0) is 13.0 Å². The highest BCUT2D eigenvalue weighted by atomic mass is 19.4. The van der Waals surface area contributed by atoms with E-state index in [1.165, 1.54) is 30.3 Å². The number of nitrogens with zero attached hydrogens (tertiary/aromatic N) is 3. The minimum absolute atomic E-state index is 0.122. The monoisotopic (exact) mass is 434 g/mol. The molecular weight excluding hydrogens is 416 g/mol. The molecule has 3 aromatic rings. The predicted octanol–water partition coefficient (Wildman–Crippen LogP) is 4.96. The van der Waals surface area contributed by atoms with Gasteiger partial charge < -0.3 is 14.6 Å². The first-order valence-corrected chi connectivity index (χ1v) is 9.69. The number of aromatic nitrogens is 3. The number of alkyl halides is 3. The quantitative estimate of drug-likeness (QED) is 0.590. The van der Waals surface area contributed by atoms with Crippen LogP contribution in [0.15, 0.2) is 42.5 Å². The van der Waals surface area contributed by atoms with E-state index >= 15 is 0 Å². The molecule has 0 aliphatic carbocycles. The van der Waals surface area contributed by atoms with Gasteiger partial charge in [-0.1, -0.05) is 6.42 Å². The van der Waals surface area contributed by atoms with E-state index in [9.17, 15) is 22.4 Å². The molecule has 1 aliphatic rings. The van der Waals surface area contributed by atoms with Gasteiger partial charge in [0.15, 0.2) is 5.82 Å². The van der Waals surface area contributed by atoms with Crippen LogP contribution >= 0.6 is 0 Å². The number of hydrogen-bond donors (Lipinski definition) is 1. The predicted molar refractivity (Wildman–Crippen MR) is 104 cm³/mol. The fraction of sp³-hybridized carbons (Fsp3) is 0.286. The number of halogens is 4. The molecule has 10 heteroatoms. The molecule has 0 unspecified atom stereocenters. The van der Waals surface area contributed by atoms with Crippen molar-refractivity contribution < 1.29 is 27.1 Å². The molecule has 0 radical (unpaired) electrons. The summed E-state index contributed by atoms with van der Waals surface area (Å²) in [6.07, 6.45) is -1.02. The first-order valence-electron chi connectivity index (χ1n) is 9.69. The molecule has 0 bridgehead atoms. The van der Waals surface area contributed by atoms with Crippen LogP contribution in [0.5, 0.6) is 5.75 Å². The molecule has 1 amide bonds. The topological polar surface area (TPSA) is 69.0 Å². The normalized spacial score (nSPS) is 13.9. The van der Waals surface area contributed by atoms with Crippen molar-refractivity contribution in [2.45, 2.75) is 38.6 Å². The number of ether oxygens (including phenoxy) is 1. The molecule has 31 heavy (non-hydrogen) atoms. The van der Waals surface area contributed by atoms with Crippen molar-refractivity contribution in [3.8, 4) is 17.1 Å². The zero-order valence-corrected chi connectivity index (χ0v) is 16.2. The molecule has 0 fully saturated rings.